The van der Waals surface area contributed by atoms with E-state index in [4.69, 9.17) is 14.2 Å². The van der Waals surface area contributed by atoms with Crippen molar-refractivity contribution in [3.8, 4) is 5.75 Å². The molecule has 0 bridgehead atoms. The van der Waals surface area contributed by atoms with E-state index in [9.17, 15) is 21.6 Å². The fourth-order valence-corrected chi connectivity index (χ4v) is 6.40. The topological polar surface area (TPSA) is 73.9 Å². The lowest BCUT2D eigenvalue weighted by atomic mass is 10.0. The van der Waals surface area contributed by atoms with Crippen LogP contribution in [0.3, 0.4) is 0 Å². The van der Waals surface area contributed by atoms with Gasteiger partial charge in [-0.3, -0.25) is 4.72 Å². The molecular weight excluding hydrogens is 586 g/mol. The summed E-state index contributed by atoms with van der Waals surface area (Å²) in [6, 6.07) is 5.12. The van der Waals surface area contributed by atoms with E-state index >= 15 is 0 Å². The molecule has 0 spiro atoms. The van der Waals surface area contributed by atoms with E-state index in [0.717, 1.165) is 6.07 Å². The predicted octanol–water partition coefficient (Wildman–Crippen LogP) is 5.12. The molecule has 0 amide bonds. The van der Waals surface area contributed by atoms with Crippen molar-refractivity contribution in [2.75, 3.05) is 18.4 Å². The Kier molecular flexibility index (Phi) is 6.86. The lowest BCUT2D eigenvalue weighted by Crippen LogP contribution is -2.35. The first-order valence-electron chi connectivity index (χ1n) is 10.7. The number of ether oxygens (including phenoxy) is 3. The van der Waals surface area contributed by atoms with Crippen LogP contribution in [0, 0.1) is 21.0 Å². The molecule has 6 nitrogen and oxygen atoms in total. The number of hydrogen-bond donors (Lipinski definition) is 1. The Morgan fingerprint density at radius 1 is 1.18 bits per heavy atom. The van der Waals surface area contributed by atoms with Crippen molar-refractivity contribution in [1.29, 1.82) is 0 Å². The van der Waals surface area contributed by atoms with Crippen molar-refractivity contribution in [2.24, 2.45) is 0 Å². The lowest BCUT2D eigenvalue weighted by Gasteiger charge is -2.24. The molecule has 2 aromatic carbocycles. The van der Waals surface area contributed by atoms with Crippen LogP contribution in [0.4, 0.5) is 18.9 Å². The molecule has 2 aromatic rings. The summed E-state index contributed by atoms with van der Waals surface area (Å²) in [7, 11) is -2.85. The summed E-state index contributed by atoms with van der Waals surface area (Å²) < 4.78 is 89.1. The van der Waals surface area contributed by atoms with Gasteiger partial charge in [-0.25, -0.2) is 21.6 Å². The summed E-state index contributed by atoms with van der Waals surface area (Å²) in [5, 5.41) is 0. The van der Waals surface area contributed by atoms with E-state index in [0.29, 0.717) is 16.4 Å². The molecule has 1 aliphatic heterocycles. The second kappa shape index (κ2) is 9.14. The van der Waals surface area contributed by atoms with Gasteiger partial charge >= 0.3 is 0 Å². The highest BCUT2D eigenvalue weighted by molar-refractivity contribution is 14.1. The molecule has 2 aliphatic rings. The standard InChI is InChI=1S/C23H25F3INO5S/c1-22(2)32-12-15(33-22)11-23(6-7-23)34(29,30)28-21-16(20(26)18(25)10-19(21)31-3)8-13-4-5-14(27)9-17(13)24/h4-5,9-10,15,28H,6-8,11-12H2,1-3H3/t15-/m0/s1. The quantitative estimate of drug-likeness (QED) is 0.420. The zero-order valence-corrected chi connectivity index (χ0v) is 21.9. The maximum atomic E-state index is 14.9. The van der Waals surface area contributed by atoms with Gasteiger partial charge in [-0.1, -0.05) is 6.07 Å². The zero-order valence-electron chi connectivity index (χ0n) is 18.9. The Hall–Kier alpha value is -1.57. The van der Waals surface area contributed by atoms with Crippen molar-refractivity contribution >= 4 is 38.3 Å². The molecule has 4 rings (SSSR count). The number of hydrogen-bond acceptors (Lipinski definition) is 5. The van der Waals surface area contributed by atoms with Crippen LogP contribution in [0.15, 0.2) is 24.3 Å². The van der Waals surface area contributed by atoms with Crippen LogP contribution in [-0.4, -0.2) is 38.8 Å². The Balaban J connectivity index is 1.68. The molecule has 1 saturated carbocycles. The fraction of sp³-hybridized carbons (Fsp3) is 0.478. The molecule has 34 heavy (non-hydrogen) atoms. The first kappa shape index (κ1) is 25.5. The van der Waals surface area contributed by atoms with Crippen molar-refractivity contribution in [1.82, 2.24) is 0 Å². The third-order valence-corrected chi connectivity index (χ3v) is 9.02. The number of rotatable bonds is 8. The Labute approximate surface area is 210 Å². The van der Waals surface area contributed by atoms with Gasteiger partial charge in [0.15, 0.2) is 17.4 Å². The normalized spacial score (nSPS) is 20.9. The first-order valence-corrected chi connectivity index (χ1v) is 13.3. The van der Waals surface area contributed by atoms with E-state index < -0.39 is 44.1 Å². The molecule has 0 radical (unpaired) electrons. The van der Waals surface area contributed by atoms with Gasteiger partial charge in [-0.2, -0.15) is 0 Å². The number of sulfonamides is 1. The molecule has 1 atom stereocenters. The summed E-state index contributed by atoms with van der Waals surface area (Å²) in [5.74, 6) is -4.09. The largest absolute Gasteiger partial charge is 0.494 e. The highest BCUT2D eigenvalue weighted by Crippen LogP contribution is 2.50. The maximum Gasteiger partial charge on any atom is 0.238 e. The van der Waals surface area contributed by atoms with Crippen LogP contribution in [0.2, 0.25) is 0 Å². The number of benzene rings is 2. The van der Waals surface area contributed by atoms with Crippen LogP contribution < -0.4 is 9.46 Å². The van der Waals surface area contributed by atoms with Gasteiger partial charge in [-0.15, -0.1) is 0 Å². The van der Waals surface area contributed by atoms with Gasteiger partial charge in [-0.05, 0) is 73.4 Å². The SMILES string of the molecule is COc1cc(F)c(F)c(Cc2ccc(I)cc2F)c1NS(=O)(=O)C1(C[C@H]2COC(C)(C)O2)CC1. The Morgan fingerprint density at radius 3 is 2.44 bits per heavy atom. The second-order valence-corrected chi connectivity index (χ2v) is 12.4. The van der Waals surface area contributed by atoms with Gasteiger partial charge in [0, 0.05) is 21.6 Å². The minimum Gasteiger partial charge on any atom is -0.494 e. The first-order chi connectivity index (χ1) is 15.9. The van der Waals surface area contributed by atoms with Crippen LogP contribution in [0.25, 0.3) is 0 Å². The van der Waals surface area contributed by atoms with Gasteiger partial charge in [0.05, 0.1) is 30.3 Å². The van der Waals surface area contributed by atoms with Gasteiger partial charge in [0.25, 0.3) is 0 Å². The van der Waals surface area contributed by atoms with Crippen LogP contribution in [0.5, 0.6) is 5.75 Å². The molecular formula is C23H25F3INO5S. The van der Waals surface area contributed by atoms with Crippen LogP contribution in [0.1, 0.15) is 44.2 Å². The molecule has 0 unspecified atom stereocenters. The summed E-state index contributed by atoms with van der Waals surface area (Å²) in [5.41, 5.74) is -0.486. The van der Waals surface area contributed by atoms with E-state index in [-0.39, 0.29) is 42.0 Å². The smallest absolute Gasteiger partial charge is 0.238 e. The van der Waals surface area contributed by atoms with Gasteiger partial charge in [0.2, 0.25) is 10.0 Å². The number of anilines is 1. The Morgan fingerprint density at radius 2 is 1.88 bits per heavy atom. The predicted molar refractivity (Wildman–Crippen MR) is 129 cm³/mol. The van der Waals surface area contributed by atoms with Crippen LogP contribution >= 0.6 is 22.6 Å². The second-order valence-electron chi connectivity index (χ2n) is 9.08. The van der Waals surface area contributed by atoms with Gasteiger partial charge in [0.1, 0.15) is 11.6 Å². The third-order valence-electron chi connectivity index (χ3n) is 6.16. The maximum absolute atomic E-state index is 14.9. The number of methoxy groups -OCH3 is 1. The highest BCUT2D eigenvalue weighted by Gasteiger charge is 2.57. The minimum absolute atomic E-state index is 0.0901. The minimum atomic E-state index is -4.07. The van der Waals surface area contributed by atoms with Gasteiger partial charge < -0.3 is 14.2 Å². The Bertz CT molecular complexity index is 1220. The highest BCUT2D eigenvalue weighted by atomic mass is 127. The lowest BCUT2D eigenvalue weighted by molar-refractivity contribution is -0.139. The molecule has 1 N–H and O–H groups in total. The van der Waals surface area contributed by atoms with E-state index in [2.05, 4.69) is 4.72 Å². The van der Waals surface area contributed by atoms with Crippen LogP contribution in [-0.2, 0) is 25.9 Å². The number of halogens is 4. The zero-order chi connectivity index (χ0) is 24.9. The number of nitrogens with one attached hydrogen (secondary N) is 1. The molecule has 2 fully saturated rings. The summed E-state index contributed by atoms with van der Waals surface area (Å²) >= 11 is 1.93. The molecule has 1 saturated heterocycles. The third kappa shape index (κ3) is 5.02. The van der Waals surface area contributed by atoms with Crippen molar-refractivity contribution in [3.05, 3.63) is 56.4 Å². The average molecular weight is 611 g/mol. The molecule has 11 heteroatoms. The molecule has 0 aromatic heterocycles. The molecule has 1 heterocycles. The molecule has 1 aliphatic carbocycles. The fourth-order valence-electron chi connectivity index (χ4n) is 4.19. The van der Waals surface area contributed by atoms with E-state index in [1.807, 2.05) is 22.6 Å². The monoisotopic (exact) mass is 611 g/mol. The van der Waals surface area contributed by atoms with Crippen molar-refractivity contribution in [2.45, 2.75) is 56.2 Å². The van der Waals surface area contributed by atoms with Crippen molar-refractivity contribution < 1.29 is 35.8 Å². The van der Waals surface area contributed by atoms with E-state index in [1.54, 1.807) is 19.9 Å². The summed E-state index contributed by atoms with van der Waals surface area (Å²) in [6.45, 7) is 3.76. The summed E-state index contributed by atoms with van der Waals surface area (Å²) in [6.07, 6.45) is 0.173. The van der Waals surface area contributed by atoms with E-state index in [1.165, 1.54) is 19.2 Å². The molecule has 186 valence electrons. The average Bonchev–Trinajstić information content (AvgIpc) is 3.46. The van der Waals surface area contributed by atoms with Crippen molar-refractivity contribution in [3.63, 3.8) is 0 Å². The summed E-state index contributed by atoms with van der Waals surface area (Å²) in [4.78, 5) is 0.